The summed E-state index contributed by atoms with van der Waals surface area (Å²) in [7, 11) is 0. The van der Waals surface area contributed by atoms with Crippen LogP contribution in [-0.2, 0) is 0 Å². The minimum Gasteiger partial charge on any atom is -0.508 e. The van der Waals surface area contributed by atoms with Crippen molar-refractivity contribution in [1.29, 1.82) is 5.26 Å². The maximum Gasteiger partial charge on any atom is 0.135 e. The van der Waals surface area contributed by atoms with Crippen LogP contribution < -0.4 is 0 Å². The first kappa shape index (κ1) is 8.39. The highest BCUT2D eigenvalue weighted by atomic mass is 16.3. The molecule has 0 spiro atoms. The number of nitriles is 1. The topological polar surface area (TPSA) is 57.2 Å². The van der Waals surface area contributed by atoms with Gasteiger partial charge in [0.2, 0.25) is 0 Å². The van der Waals surface area contributed by atoms with E-state index in [9.17, 15) is 5.11 Å². The first-order valence-electron chi connectivity index (χ1n) is 4.08. The monoisotopic (exact) mass is 185 g/mol. The summed E-state index contributed by atoms with van der Waals surface area (Å²) in [5.74, 6) is 0.707. The van der Waals surface area contributed by atoms with Crippen molar-refractivity contribution in [3.63, 3.8) is 0 Å². The maximum atomic E-state index is 9.18. The second-order valence-electron chi connectivity index (χ2n) is 2.82. The summed E-state index contributed by atoms with van der Waals surface area (Å²) >= 11 is 0. The fraction of sp³-hybridized carbons (Fsp3) is 0. The molecule has 3 heteroatoms. The van der Waals surface area contributed by atoms with Crippen LogP contribution in [0.15, 0.2) is 41.0 Å². The number of phenols is 1. The summed E-state index contributed by atoms with van der Waals surface area (Å²) in [5, 5.41) is 18.0. The van der Waals surface area contributed by atoms with E-state index < -0.39 is 0 Å². The normalized spacial score (nSPS) is 9.64. The number of furan rings is 1. The fourth-order valence-electron chi connectivity index (χ4n) is 1.27. The summed E-state index contributed by atoms with van der Waals surface area (Å²) < 4.78 is 5.17. The molecule has 68 valence electrons. The molecule has 0 saturated heterocycles. The Kier molecular flexibility index (Phi) is 1.96. The van der Waals surface area contributed by atoms with Gasteiger partial charge in [-0.2, -0.15) is 5.26 Å². The molecule has 14 heavy (non-hydrogen) atoms. The summed E-state index contributed by atoms with van der Waals surface area (Å²) in [6, 6.07) is 10.1. The molecule has 0 bridgehead atoms. The van der Waals surface area contributed by atoms with E-state index in [-0.39, 0.29) is 5.75 Å². The lowest BCUT2D eigenvalue weighted by Gasteiger charge is -2.00. The quantitative estimate of drug-likeness (QED) is 0.742. The number of hydrogen-bond donors (Lipinski definition) is 1. The molecular weight excluding hydrogens is 178 g/mol. The lowest BCUT2D eigenvalue weighted by atomic mass is 10.1. The van der Waals surface area contributed by atoms with Crippen LogP contribution in [0.3, 0.4) is 0 Å². The zero-order chi connectivity index (χ0) is 9.97. The summed E-state index contributed by atoms with van der Waals surface area (Å²) in [5.41, 5.74) is 1.09. The molecule has 1 heterocycles. The predicted octanol–water partition coefficient (Wildman–Crippen LogP) is 2.52. The number of aromatic hydroxyl groups is 1. The Bertz CT molecular complexity index is 480. The Balaban J connectivity index is 2.60. The standard InChI is InChI=1S/C11H7NO2/c12-7-8-6-9(13)3-4-10(8)11-2-1-5-14-11/h1-6,13H. The van der Waals surface area contributed by atoms with Gasteiger partial charge in [0.1, 0.15) is 17.6 Å². The van der Waals surface area contributed by atoms with E-state index in [0.29, 0.717) is 16.9 Å². The highest BCUT2D eigenvalue weighted by molar-refractivity contribution is 5.67. The van der Waals surface area contributed by atoms with E-state index in [1.807, 2.05) is 6.07 Å². The Labute approximate surface area is 80.8 Å². The second-order valence-corrected chi connectivity index (χ2v) is 2.82. The molecule has 1 N–H and O–H groups in total. The number of phenolic OH excluding ortho intramolecular Hbond substituents is 1. The number of nitrogens with zero attached hydrogens (tertiary/aromatic N) is 1. The third-order valence-corrected chi connectivity index (χ3v) is 1.91. The van der Waals surface area contributed by atoms with Gasteiger partial charge in [-0.3, -0.25) is 0 Å². The van der Waals surface area contributed by atoms with E-state index in [1.54, 1.807) is 24.5 Å². The molecule has 0 unspecified atom stereocenters. The van der Waals surface area contributed by atoms with E-state index in [2.05, 4.69) is 0 Å². The van der Waals surface area contributed by atoms with E-state index in [1.165, 1.54) is 12.1 Å². The molecule has 2 rings (SSSR count). The summed E-state index contributed by atoms with van der Waals surface area (Å²) in [6.45, 7) is 0. The van der Waals surface area contributed by atoms with Crippen molar-refractivity contribution < 1.29 is 9.52 Å². The van der Waals surface area contributed by atoms with Gasteiger partial charge >= 0.3 is 0 Å². The Morgan fingerprint density at radius 3 is 2.79 bits per heavy atom. The minimum atomic E-state index is 0.0804. The Hall–Kier alpha value is -2.21. The summed E-state index contributed by atoms with van der Waals surface area (Å²) in [6.07, 6.45) is 1.54. The average Bonchev–Trinajstić information content (AvgIpc) is 2.70. The van der Waals surface area contributed by atoms with Crippen LogP contribution in [0.4, 0.5) is 0 Å². The van der Waals surface area contributed by atoms with Crippen molar-refractivity contribution >= 4 is 0 Å². The van der Waals surface area contributed by atoms with Gasteiger partial charge in [-0.05, 0) is 30.3 Å². The minimum absolute atomic E-state index is 0.0804. The predicted molar refractivity (Wildman–Crippen MR) is 50.5 cm³/mol. The molecular formula is C11H7NO2. The van der Waals surface area contributed by atoms with Crippen LogP contribution in [0.25, 0.3) is 11.3 Å². The van der Waals surface area contributed by atoms with Gasteiger partial charge in [-0.15, -0.1) is 0 Å². The van der Waals surface area contributed by atoms with Crippen molar-refractivity contribution in [2.24, 2.45) is 0 Å². The highest BCUT2D eigenvalue weighted by Crippen LogP contribution is 2.26. The van der Waals surface area contributed by atoms with Gasteiger partial charge < -0.3 is 9.52 Å². The zero-order valence-corrected chi connectivity index (χ0v) is 7.27. The van der Waals surface area contributed by atoms with Gasteiger partial charge in [0.25, 0.3) is 0 Å². The van der Waals surface area contributed by atoms with Crippen molar-refractivity contribution in [3.05, 3.63) is 42.2 Å². The lowest BCUT2D eigenvalue weighted by molar-refractivity contribution is 0.475. The molecule has 3 nitrogen and oxygen atoms in total. The fourth-order valence-corrected chi connectivity index (χ4v) is 1.27. The molecule has 0 radical (unpaired) electrons. The second kappa shape index (κ2) is 3.27. The molecule has 0 saturated carbocycles. The van der Waals surface area contributed by atoms with Crippen LogP contribution in [0, 0.1) is 11.3 Å². The average molecular weight is 185 g/mol. The molecule has 2 aromatic rings. The molecule has 0 fully saturated rings. The lowest BCUT2D eigenvalue weighted by Crippen LogP contribution is -1.81. The van der Waals surface area contributed by atoms with Crippen LogP contribution in [0.2, 0.25) is 0 Å². The van der Waals surface area contributed by atoms with Crippen LogP contribution in [0.5, 0.6) is 5.75 Å². The van der Waals surface area contributed by atoms with Gasteiger partial charge in [0, 0.05) is 5.56 Å². The van der Waals surface area contributed by atoms with E-state index in [4.69, 9.17) is 9.68 Å². The SMILES string of the molecule is N#Cc1cc(O)ccc1-c1ccco1. The molecule has 0 aliphatic rings. The molecule has 1 aromatic heterocycles. The van der Waals surface area contributed by atoms with Gasteiger partial charge in [-0.1, -0.05) is 0 Å². The Morgan fingerprint density at radius 2 is 2.14 bits per heavy atom. The number of rotatable bonds is 1. The smallest absolute Gasteiger partial charge is 0.135 e. The molecule has 1 aromatic carbocycles. The van der Waals surface area contributed by atoms with Crippen molar-refractivity contribution in [2.75, 3.05) is 0 Å². The van der Waals surface area contributed by atoms with Crippen LogP contribution in [-0.4, -0.2) is 5.11 Å². The molecule has 0 aliphatic heterocycles. The largest absolute Gasteiger partial charge is 0.508 e. The first-order chi connectivity index (χ1) is 6.81. The van der Waals surface area contributed by atoms with Crippen LogP contribution >= 0.6 is 0 Å². The third-order valence-electron chi connectivity index (χ3n) is 1.91. The van der Waals surface area contributed by atoms with E-state index in [0.717, 1.165) is 0 Å². The zero-order valence-electron chi connectivity index (χ0n) is 7.27. The van der Waals surface area contributed by atoms with Crippen molar-refractivity contribution in [3.8, 4) is 23.1 Å². The summed E-state index contributed by atoms with van der Waals surface area (Å²) in [4.78, 5) is 0. The molecule has 0 amide bonds. The van der Waals surface area contributed by atoms with Crippen LogP contribution in [0.1, 0.15) is 5.56 Å². The van der Waals surface area contributed by atoms with Crippen molar-refractivity contribution in [2.45, 2.75) is 0 Å². The highest BCUT2D eigenvalue weighted by Gasteiger charge is 2.07. The van der Waals surface area contributed by atoms with Gasteiger partial charge in [-0.25, -0.2) is 0 Å². The number of benzene rings is 1. The number of hydrogen-bond acceptors (Lipinski definition) is 3. The van der Waals surface area contributed by atoms with Gasteiger partial charge in [0.15, 0.2) is 0 Å². The Morgan fingerprint density at radius 1 is 1.29 bits per heavy atom. The molecule has 0 aliphatic carbocycles. The molecule has 0 atom stereocenters. The van der Waals surface area contributed by atoms with Crippen molar-refractivity contribution in [1.82, 2.24) is 0 Å². The third kappa shape index (κ3) is 1.34. The maximum absolute atomic E-state index is 9.18. The first-order valence-corrected chi connectivity index (χ1v) is 4.08. The van der Waals surface area contributed by atoms with E-state index >= 15 is 0 Å². The van der Waals surface area contributed by atoms with Gasteiger partial charge in [0.05, 0.1) is 11.8 Å².